The van der Waals surface area contributed by atoms with Crippen molar-refractivity contribution in [3.05, 3.63) is 82.0 Å². The molecule has 1 saturated carbocycles. The fourth-order valence-electron chi connectivity index (χ4n) is 5.20. The van der Waals surface area contributed by atoms with Crippen molar-refractivity contribution < 1.29 is 4.79 Å². The zero-order valence-electron chi connectivity index (χ0n) is 19.5. The smallest absolute Gasteiger partial charge is 0.272 e. The minimum Gasteiger partial charge on any atom is -0.349 e. The van der Waals surface area contributed by atoms with Crippen LogP contribution in [0.1, 0.15) is 54.2 Å². The van der Waals surface area contributed by atoms with Gasteiger partial charge in [0, 0.05) is 34.3 Å². The number of benzene rings is 2. The van der Waals surface area contributed by atoms with Crippen LogP contribution in [0.3, 0.4) is 0 Å². The minimum absolute atomic E-state index is 0.0989. The molecule has 176 valence electrons. The molecule has 4 aromatic rings. The molecular weight excluding hydrogens is 440 g/mol. The van der Waals surface area contributed by atoms with E-state index in [1.54, 1.807) is 30.6 Å². The zero-order valence-corrected chi connectivity index (χ0v) is 19.5. The van der Waals surface area contributed by atoms with E-state index in [9.17, 15) is 14.9 Å². The van der Waals surface area contributed by atoms with E-state index in [-0.39, 0.29) is 22.9 Å². The van der Waals surface area contributed by atoms with Gasteiger partial charge in [0.1, 0.15) is 0 Å². The van der Waals surface area contributed by atoms with Gasteiger partial charge in [-0.3, -0.25) is 14.7 Å². The first kappa shape index (κ1) is 22.5. The quantitative estimate of drug-likeness (QED) is 0.378. The Kier molecular flexibility index (Phi) is 5.91. The Morgan fingerprint density at radius 3 is 2.74 bits per heavy atom. The van der Waals surface area contributed by atoms with E-state index in [0.29, 0.717) is 16.5 Å². The zero-order chi connectivity index (χ0) is 24.4. The van der Waals surface area contributed by atoms with E-state index < -0.39 is 0 Å². The lowest BCUT2D eigenvalue weighted by molar-refractivity contribution is 0.0571. The van der Waals surface area contributed by atoms with Crippen molar-refractivity contribution in [3.8, 4) is 17.2 Å². The van der Waals surface area contributed by atoms with Crippen LogP contribution < -0.4 is 10.9 Å². The molecule has 3 N–H and O–H groups in total. The Hall–Kier alpha value is -4.25. The lowest BCUT2D eigenvalue weighted by atomic mass is 9.61. The van der Waals surface area contributed by atoms with Gasteiger partial charge in [0.25, 0.3) is 11.5 Å². The fourth-order valence-corrected chi connectivity index (χ4v) is 5.20. The van der Waals surface area contributed by atoms with E-state index in [1.807, 2.05) is 24.3 Å². The summed E-state index contributed by atoms with van der Waals surface area (Å²) in [5, 5.41) is 27.9. The number of carbonyl (C=O) groups is 1. The molecule has 0 radical (unpaired) electrons. The number of carbonyl (C=O) groups excluding carboxylic acids is 1. The van der Waals surface area contributed by atoms with Crippen LogP contribution in [-0.4, -0.2) is 32.3 Å². The third-order valence-corrected chi connectivity index (χ3v) is 7.32. The maximum Gasteiger partial charge on any atom is 0.272 e. The fraction of sp³-hybridized carbons (Fsp3) is 0.296. The Labute approximate surface area is 202 Å². The lowest BCUT2D eigenvalue weighted by Gasteiger charge is -2.48. The van der Waals surface area contributed by atoms with Crippen molar-refractivity contribution in [1.82, 2.24) is 25.7 Å². The second kappa shape index (κ2) is 9.18. The largest absolute Gasteiger partial charge is 0.349 e. The summed E-state index contributed by atoms with van der Waals surface area (Å²) >= 11 is 0. The number of hydrogen-bond donors (Lipinski definition) is 3. The highest BCUT2D eigenvalue weighted by Crippen LogP contribution is 2.47. The Balaban J connectivity index is 1.23. The summed E-state index contributed by atoms with van der Waals surface area (Å²) in [6.45, 7) is 2.18. The molecule has 1 aliphatic carbocycles. The summed E-state index contributed by atoms with van der Waals surface area (Å²) < 4.78 is 0. The van der Waals surface area contributed by atoms with Gasteiger partial charge in [-0.2, -0.15) is 15.5 Å². The van der Waals surface area contributed by atoms with E-state index in [0.717, 1.165) is 54.3 Å². The molecule has 35 heavy (non-hydrogen) atoms. The molecular formula is C27H26N6O2. The third kappa shape index (κ3) is 4.33. The van der Waals surface area contributed by atoms with Crippen LogP contribution in [0.5, 0.6) is 0 Å². The van der Waals surface area contributed by atoms with E-state index in [2.05, 4.69) is 38.7 Å². The van der Waals surface area contributed by atoms with E-state index >= 15 is 0 Å². The number of aromatic nitrogens is 4. The van der Waals surface area contributed by atoms with Gasteiger partial charge in [-0.15, -0.1) is 0 Å². The van der Waals surface area contributed by atoms with Crippen molar-refractivity contribution in [3.63, 3.8) is 0 Å². The van der Waals surface area contributed by atoms with E-state index in [1.165, 1.54) is 0 Å². The predicted molar refractivity (Wildman–Crippen MR) is 133 cm³/mol. The normalized spacial score (nSPS) is 19.1. The molecule has 5 rings (SSSR count). The maximum absolute atomic E-state index is 12.9. The summed E-state index contributed by atoms with van der Waals surface area (Å²) in [6, 6.07) is 15.0. The molecule has 0 atom stereocenters. The topological polar surface area (TPSA) is 127 Å². The van der Waals surface area contributed by atoms with Crippen molar-refractivity contribution in [2.75, 3.05) is 0 Å². The van der Waals surface area contributed by atoms with Crippen molar-refractivity contribution in [1.29, 1.82) is 5.26 Å². The number of nitriles is 1. The molecule has 0 unspecified atom stereocenters. The highest BCUT2D eigenvalue weighted by Gasteiger charge is 2.43. The van der Waals surface area contributed by atoms with Crippen LogP contribution in [0.15, 0.2) is 59.7 Å². The highest BCUT2D eigenvalue weighted by atomic mass is 16.1. The van der Waals surface area contributed by atoms with Crippen molar-refractivity contribution >= 4 is 16.7 Å². The van der Waals surface area contributed by atoms with Gasteiger partial charge in [0.15, 0.2) is 0 Å². The minimum atomic E-state index is -0.168. The number of nitrogens with one attached hydrogen (secondary N) is 3. The second-order valence-electron chi connectivity index (χ2n) is 9.34. The molecule has 8 nitrogen and oxygen atoms in total. The number of H-pyrrole nitrogens is 2. The summed E-state index contributed by atoms with van der Waals surface area (Å²) in [5.74, 6) is -0.164. The van der Waals surface area contributed by atoms with E-state index in [4.69, 9.17) is 0 Å². The average Bonchev–Trinajstić information content (AvgIpc) is 3.41. The molecule has 1 aliphatic rings. The Morgan fingerprint density at radius 1 is 1.23 bits per heavy atom. The molecule has 0 bridgehead atoms. The predicted octanol–water partition coefficient (Wildman–Crippen LogP) is 4.11. The monoisotopic (exact) mass is 466 g/mol. The van der Waals surface area contributed by atoms with Crippen LogP contribution in [0.25, 0.3) is 21.9 Å². The molecule has 8 heteroatoms. The van der Waals surface area contributed by atoms with Crippen molar-refractivity contribution in [2.45, 2.75) is 45.1 Å². The van der Waals surface area contributed by atoms with Crippen LogP contribution in [0.4, 0.5) is 0 Å². The Morgan fingerprint density at radius 2 is 2.03 bits per heavy atom. The lowest BCUT2D eigenvalue weighted by Crippen LogP contribution is -2.50. The van der Waals surface area contributed by atoms with Crippen molar-refractivity contribution in [2.24, 2.45) is 5.41 Å². The van der Waals surface area contributed by atoms with Crippen LogP contribution in [-0.2, 0) is 6.42 Å². The first-order valence-corrected chi connectivity index (χ1v) is 11.8. The number of nitrogens with zero attached hydrogens (tertiary/aromatic N) is 3. The number of aromatic amines is 2. The number of amides is 1. The number of rotatable bonds is 7. The molecule has 1 amide bonds. The Bertz CT molecular complexity index is 1480. The number of hydrogen-bond acceptors (Lipinski definition) is 5. The standard InChI is InChI=1S/C27H26N6O2/c1-2-27(10-9-24-22-5-3-4-6-23(22)26(35)33-32-24)12-20(13-27)31-25(34)17-7-8-21(18(11-17)14-28)19-15-29-30-16-19/h3-8,11,15-16,20H,2,9-10,12-13H2,1H3,(H,29,30)(H,31,34)(H,33,35)/t20-,27-. The molecule has 0 spiro atoms. The van der Waals surface area contributed by atoms with Gasteiger partial charge in [0.05, 0.1) is 28.9 Å². The summed E-state index contributed by atoms with van der Waals surface area (Å²) in [4.78, 5) is 24.9. The molecule has 1 fully saturated rings. The van der Waals surface area contributed by atoms with Gasteiger partial charge in [-0.05, 0) is 49.3 Å². The molecule has 0 saturated heterocycles. The highest BCUT2D eigenvalue weighted by molar-refractivity contribution is 5.95. The summed E-state index contributed by atoms with van der Waals surface area (Å²) in [6.07, 6.45) is 7.89. The van der Waals surface area contributed by atoms with Gasteiger partial charge in [-0.1, -0.05) is 37.6 Å². The van der Waals surface area contributed by atoms with Crippen LogP contribution in [0, 0.1) is 16.7 Å². The SMILES string of the molecule is CC[C@]1(CCc2n[nH]c(=O)c3ccccc23)C[C@H](NC(=O)c2ccc(-c3cn[nH]c3)c(C#N)c2)C1. The van der Waals surface area contributed by atoms with Gasteiger partial charge >= 0.3 is 0 Å². The first-order chi connectivity index (χ1) is 17.0. The third-order valence-electron chi connectivity index (χ3n) is 7.32. The van der Waals surface area contributed by atoms with Gasteiger partial charge in [0.2, 0.25) is 0 Å². The molecule has 2 heterocycles. The summed E-state index contributed by atoms with van der Waals surface area (Å²) in [7, 11) is 0. The second-order valence-corrected chi connectivity index (χ2v) is 9.34. The van der Waals surface area contributed by atoms with Gasteiger partial charge < -0.3 is 5.32 Å². The van der Waals surface area contributed by atoms with Crippen LogP contribution >= 0.6 is 0 Å². The first-order valence-electron chi connectivity index (χ1n) is 11.8. The number of aryl methyl sites for hydroxylation is 1. The van der Waals surface area contributed by atoms with Gasteiger partial charge in [-0.25, -0.2) is 5.10 Å². The van der Waals surface area contributed by atoms with Crippen LogP contribution in [0.2, 0.25) is 0 Å². The molecule has 2 aromatic carbocycles. The average molecular weight is 467 g/mol. The molecule has 2 aromatic heterocycles. The maximum atomic E-state index is 12.9. The number of fused-ring (bicyclic) bond motifs is 1. The summed E-state index contributed by atoms with van der Waals surface area (Å²) in [5.41, 5.74) is 3.35. The molecule has 0 aliphatic heterocycles.